The number of benzene rings is 2. The van der Waals surface area contributed by atoms with Crippen LogP contribution in [0, 0.1) is 0 Å². The number of fused-ring (bicyclic) bond motifs is 2. The van der Waals surface area contributed by atoms with Crippen LogP contribution in [-0.2, 0) is 62.2 Å². The van der Waals surface area contributed by atoms with Crippen LogP contribution in [0.25, 0.3) is 0 Å². The molecule has 0 aromatic heterocycles. The van der Waals surface area contributed by atoms with Crippen molar-refractivity contribution >= 4 is 47.3 Å². The van der Waals surface area contributed by atoms with Crippen LogP contribution in [-0.4, -0.2) is 71.9 Å². The average Bonchev–Trinajstić information content (AvgIpc) is 3.00. The van der Waals surface area contributed by atoms with E-state index in [2.05, 4.69) is 21.3 Å². The van der Waals surface area contributed by atoms with Gasteiger partial charge in [0, 0.05) is 13.1 Å². The Balaban J connectivity index is 0.000000293. The van der Waals surface area contributed by atoms with Gasteiger partial charge in [-0.15, -0.1) is 0 Å². The van der Waals surface area contributed by atoms with E-state index in [4.69, 9.17) is 0 Å². The molecule has 237 valence electrons. The molecule has 0 fully saturated rings. The quantitative estimate of drug-likeness (QED) is 0.213. The summed E-state index contributed by atoms with van der Waals surface area (Å²) in [5.41, 5.74) is 4.62. The standard InChI is InChI=1S/2C15H20N2O3S.Cu/c2*1-21-7-6-12(15(19)20)17-14(18)13-8-10-4-2-3-5-11(10)9-16-13;/h2*2-5,12-13,16H,6-9H2,1H3,(H,17,18)(H,19,20);/q;;+2/p-2/t2*12?,13-;/m00./s1. The molecule has 0 aliphatic carbocycles. The van der Waals surface area contributed by atoms with Crippen LogP contribution in [0.5, 0.6) is 0 Å². The zero-order chi connectivity index (χ0) is 30.5. The molecule has 1 radical (unpaired) electrons. The fraction of sp³-hybridized carbons (Fsp3) is 0.467. The molecule has 0 bridgehead atoms. The molecular weight excluding hydrogens is 640 g/mol. The number of carboxylic acids is 2. The third kappa shape index (κ3) is 11.5. The molecule has 43 heavy (non-hydrogen) atoms. The summed E-state index contributed by atoms with van der Waals surface area (Å²) >= 11 is 3.09. The number of nitrogens with one attached hydrogen (secondary N) is 4. The van der Waals surface area contributed by atoms with Gasteiger partial charge in [-0.05, 0) is 72.0 Å². The van der Waals surface area contributed by atoms with Crippen molar-refractivity contribution in [3.63, 3.8) is 0 Å². The second kappa shape index (κ2) is 19.0. The summed E-state index contributed by atoms with van der Waals surface area (Å²) in [4.78, 5) is 46.6. The molecule has 13 heteroatoms. The average molecular weight is 678 g/mol. The van der Waals surface area contributed by atoms with Gasteiger partial charge in [-0.25, -0.2) is 0 Å². The van der Waals surface area contributed by atoms with E-state index in [0.717, 1.165) is 11.1 Å². The van der Waals surface area contributed by atoms with Crippen molar-refractivity contribution in [3.8, 4) is 0 Å². The molecule has 2 aromatic carbocycles. The van der Waals surface area contributed by atoms with Gasteiger partial charge >= 0.3 is 17.1 Å². The first kappa shape index (κ1) is 36.7. The van der Waals surface area contributed by atoms with Crippen molar-refractivity contribution in [1.29, 1.82) is 0 Å². The zero-order valence-corrected chi connectivity index (χ0v) is 26.7. The molecule has 0 saturated carbocycles. The molecule has 0 saturated heterocycles. The normalized spacial score (nSPS) is 18.2. The van der Waals surface area contributed by atoms with Gasteiger partial charge in [0.1, 0.15) is 0 Å². The summed E-state index contributed by atoms with van der Waals surface area (Å²) in [5, 5.41) is 33.6. The van der Waals surface area contributed by atoms with Gasteiger partial charge in [0.2, 0.25) is 11.8 Å². The van der Waals surface area contributed by atoms with Gasteiger partial charge in [0.15, 0.2) is 0 Å². The van der Waals surface area contributed by atoms with Crippen molar-refractivity contribution in [2.45, 2.75) is 62.9 Å². The van der Waals surface area contributed by atoms with Crippen LogP contribution >= 0.6 is 23.5 Å². The summed E-state index contributed by atoms with van der Waals surface area (Å²) in [7, 11) is 0. The van der Waals surface area contributed by atoms with Crippen molar-refractivity contribution in [1.82, 2.24) is 21.3 Å². The SMILES string of the molecule is CSCCC(NC(=O)[C@@H]1Cc2ccccc2CN1)C(=O)[O-].CSCCC(NC(=O)[C@@H]1Cc2ccccc2CN1)C(=O)[O-].[Cu+2]. The number of carbonyl (C=O) groups excluding carboxylic acids is 4. The maximum absolute atomic E-state index is 12.2. The van der Waals surface area contributed by atoms with Gasteiger partial charge in [-0.3, -0.25) is 9.59 Å². The fourth-order valence-corrected chi connectivity index (χ4v) is 5.74. The molecule has 2 unspecified atom stereocenters. The van der Waals surface area contributed by atoms with Crippen molar-refractivity contribution in [2.24, 2.45) is 0 Å². The summed E-state index contributed by atoms with van der Waals surface area (Å²) in [6, 6.07) is 13.2. The fourth-order valence-electron chi connectivity index (χ4n) is 4.79. The first-order valence-electron chi connectivity index (χ1n) is 13.8. The van der Waals surface area contributed by atoms with Crippen molar-refractivity contribution < 1.29 is 46.5 Å². The van der Waals surface area contributed by atoms with Crippen LogP contribution in [0.3, 0.4) is 0 Å². The van der Waals surface area contributed by atoms with Crippen LogP contribution in [0.4, 0.5) is 0 Å². The Bertz CT molecular complexity index is 1140. The minimum atomic E-state index is -1.23. The number of rotatable bonds is 12. The second-order valence-corrected chi connectivity index (χ2v) is 12.1. The molecular formula is C30H38CuN4O6S2. The van der Waals surface area contributed by atoms with Crippen LogP contribution in [0.2, 0.25) is 0 Å². The number of thioether (sulfide) groups is 2. The predicted octanol–water partition coefficient (Wildman–Crippen LogP) is -0.625. The van der Waals surface area contributed by atoms with Gasteiger partial charge in [0.05, 0.1) is 36.1 Å². The van der Waals surface area contributed by atoms with Gasteiger partial charge in [-0.2, -0.15) is 23.5 Å². The first-order chi connectivity index (χ1) is 20.2. The molecule has 2 aliphatic rings. The second-order valence-electron chi connectivity index (χ2n) is 10.1. The molecule has 4 N–H and O–H groups in total. The van der Waals surface area contributed by atoms with Crippen LogP contribution < -0.4 is 31.5 Å². The van der Waals surface area contributed by atoms with E-state index in [1.807, 2.05) is 61.0 Å². The number of hydrogen-bond donors (Lipinski definition) is 4. The molecule has 2 aliphatic heterocycles. The number of carboxylic acid groups (broad SMARTS) is 2. The first-order valence-corrected chi connectivity index (χ1v) is 16.6. The molecule has 2 amide bonds. The summed E-state index contributed by atoms with van der Waals surface area (Å²) in [6.45, 7) is 1.24. The summed E-state index contributed by atoms with van der Waals surface area (Å²) in [5.74, 6) is -1.68. The van der Waals surface area contributed by atoms with E-state index in [0.29, 0.717) is 50.3 Å². The maximum Gasteiger partial charge on any atom is 2.00 e. The smallest absolute Gasteiger partial charge is 0.548 e. The molecule has 4 atom stereocenters. The maximum atomic E-state index is 12.2. The zero-order valence-electron chi connectivity index (χ0n) is 24.2. The van der Waals surface area contributed by atoms with Gasteiger partial charge < -0.3 is 41.1 Å². The molecule has 2 aromatic rings. The van der Waals surface area contributed by atoms with Gasteiger partial charge in [-0.1, -0.05) is 48.5 Å². The molecule has 10 nitrogen and oxygen atoms in total. The predicted molar refractivity (Wildman–Crippen MR) is 161 cm³/mol. The van der Waals surface area contributed by atoms with Crippen molar-refractivity contribution in [3.05, 3.63) is 70.8 Å². The van der Waals surface area contributed by atoms with Gasteiger partial charge in [0.25, 0.3) is 0 Å². The Labute approximate surface area is 271 Å². The van der Waals surface area contributed by atoms with Crippen LogP contribution in [0.1, 0.15) is 35.1 Å². The van der Waals surface area contributed by atoms with Crippen LogP contribution in [0.15, 0.2) is 48.5 Å². The van der Waals surface area contributed by atoms with E-state index in [-0.39, 0.29) is 28.9 Å². The minimum absolute atomic E-state index is 0. The molecule has 2 heterocycles. The Morgan fingerprint density at radius 2 is 1.07 bits per heavy atom. The Morgan fingerprint density at radius 3 is 1.40 bits per heavy atom. The molecule has 4 rings (SSSR count). The monoisotopic (exact) mass is 677 g/mol. The van der Waals surface area contributed by atoms with E-state index in [1.165, 1.54) is 11.1 Å². The number of amides is 2. The number of carbonyl (C=O) groups is 4. The van der Waals surface area contributed by atoms with E-state index in [9.17, 15) is 29.4 Å². The topological polar surface area (TPSA) is 163 Å². The van der Waals surface area contributed by atoms with Crippen molar-refractivity contribution in [2.75, 3.05) is 24.0 Å². The number of hydrogen-bond acceptors (Lipinski definition) is 10. The largest absolute Gasteiger partial charge is 2.00 e. The Morgan fingerprint density at radius 1 is 0.721 bits per heavy atom. The third-order valence-electron chi connectivity index (χ3n) is 7.22. The van der Waals surface area contributed by atoms with E-state index in [1.54, 1.807) is 23.5 Å². The molecule has 0 spiro atoms. The summed E-state index contributed by atoms with van der Waals surface area (Å²) < 4.78 is 0. The number of aliphatic carboxylic acids is 2. The Hall–Kier alpha value is -2.54. The van der Waals surface area contributed by atoms with E-state index < -0.39 is 36.1 Å². The Kier molecular flexibility index (Phi) is 16.2. The third-order valence-corrected chi connectivity index (χ3v) is 8.51. The van der Waals surface area contributed by atoms with E-state index >= 15 is 0 Å². The summed E-state index contributed by atoms with van der Waals surface area (Å²) in [6.07, 6.45) is 5.69. The minimum Gasteiger partial charge on any atom is -0.548 e.